The predicted molar refractivity (Wildman–Crippen MR) is 130 cm³/mol. The number of ether oxygens (including phenoxy) is 1. The number of pyridine rings is 1. The number of aliphatic carboxylic acids is 1. The van der Waals surface area contributed by atoms with Crippen LogP contribution in [0.15, 0.2) is 42.5 Å². The lowest BCUT2D eigenvalue weighted by atomic mass is 9.91. The minimum Gasteiger partial charge on any atom is -0.494 e. The standard InChI is InChI=1S/C27H34N2O3/c1-18(2)15-25-23(17-28)27(20-10-8-19(3)9-11-20)22-16-21(12-13-24(22)29-25)32-14-6-4-5-7-26(30)31/h8-13,16,18H,4-7,14-15,17,28H2,1-3H3,(H,30,31). The number of carboxylic acids is 1. The number of hydrogen-bond acceptors (Lipinski definition) is 4. The van der Waals surface area contributed by atoms with Crippen molar-refractivity contribution in [2.45, 2.75) is 59.4 Å². The molecule has 3 rings (SSSR count). The van der Waals surface area contributed by atoms with Crippen LogP contribution in [0, 0.1) is 12.8 Å². The van der Waals surface area contributed by atoms with Crippen LogP contribution in [-0.4, -0.2) is 22.7 Å². The molecule has 0 spiro atoms. The van der Waals surface area contributed by atoms with Gasteiger partial charge < -0.3 is 15.6 Å². The van der Waals surface area contributed by atoms with Crippen molar-refractivity contribution in [3.8, 4) is 16.9 Å². The van der Waals surface area contributed by atoms with E-state index in [9.17, 15) is 4.79 Å². The minimum absolute atomic E-state index is 0.210. The monoisotopic (exact) mass is 434 g/mol. The van der Waals surface area contributed by atoms with Crippen molar-refractivity contribution in [2.75, 3.05) is 6.61 Å². The maximum atomic E-state index is 10.6. The molecule has 0 saturated heterocycles. The Morgan fingerprint density at radius 1 is 1.09 bits per heavy atom. The SMILES string of the molecule is Cc1ccc(-c2c(CN)c(CC(C)C)nc3ccc(OCCCCCC(=O)O)cc23)cc1. The molecular weight excluding hydrogens is 400 g/mol. The first-order valence-electron chi connectivity index (χ1n) is 11.5. The molecule has 3 N–H and O–H groups in total. The highest BCUT2D eigenvalue weighted by molar-refractivity contribution is 5.97. The van der Waals surface area contributed by atoms with Crippen LogP contribution < -0.4 is 10.5 Å². The van der Waals surface area contributed by atoms with Gasteiger partial charge >= 0.3 is 5.97 Å². The molecular formula is C27H34N2O3. The van der Waals surface area contributed by atoms with Gasteiger partial charge in [0.1, 0.15) is 5.75 Å². The average Bonchev–Trinajstić information content (AvgIpc) is 2.75. The van der Waals surface area contributed by atoms with Gasteiger partial charge in [-0.1, -0.05) is 43.7 Å². The number of rotatable bonds is 11. The van der Waals surface area contributed by atoms with Gasteiger partial charge in [0.05, 0.1) is 12.1 Å². The fraction of sp³-hybridized carbons (Fsp3) is 0.407. The van der Waals surface area contributed by atoms with Crippen molar-refractivity contribution < 1.29 is 14.6 Å². The van der Waals surface area contributed by atoms with Gasteiger partial charge in [0, 0.05) is 24.0 Å². The Kier molecular flexibility index (Phi) is 8.23. The van der Waals surface area contributed by atoms with E-state index < -0.39 is 5.97 Å². The van der Waals surface area contributed by atoms with Gasteiger partial charge in [-0.25, -0.2) is 0 Å². The third-order valence-electron chi connectivity index (χ3n) is 5.59. The number of nitrogens with zero attached hydrogens (tertiary/aromatic N) is 1. The molecule has 2 aromatic carbocycles. The second-order valence-corrected chi connectivity index (χ2v) is 8.81. The normalized spacial score (nSPS) is 11.3. The van der Waals surface area contributed by atoms with Crippen LogP contribution in [0.4, 0.5) is 0 Å². The number of benzene rings is 2. The van der Waals surface area contributed by atoms with Crippen LogP contribution in [0.5, 0.6) is 5.75 Å². The van der Waals surface area contributed by atoms with Crippen LogP contribution in [-0.2, 0) is 17.8 Å². The summed E-state index contributed by atoms with van der Waals surface area (Å²) in [6.07, 6.45) is 3.44. The van der Waals surface area contributed by atoms with Crippen LogP contribution in [0.2, 0.25) is 0 Å². The molecule has 0 fully saturated rings. The van der Waals surface area contributed by atoms with E-state index in [0.717, 1.165) is 58.3 Å². The first-order chi connectivity index (χ1) is 15.4. The average molecular weight is 435 g/mol. The second kappa shape index (κ2) is 11.1. The summed E-state index contributed by atoms with van der Waals surface area (Å²) in [4.78, 5) is 15.6. The highest BCUT2D eigenvalue weighted by Gasteiger charge is 2.17. The number of fused-ring (bicyclic) bond motifs is 1. The molecule has 1 aromatic heterocycles. The van der Waals surface area contributed by atoms with Crippen molar-refractivity contribution in [2.24, 2.45) is 11.7 Å². The van der Waals surface area contributed by atoms with Crippen LogP contribution in [0.25, 0.3) is 22.0 Å². The van der Waals surface area contributed by atoms with Gasteiger partial charge in [0.2, 0.25) is 0 Å². The summed E-state index contributed by atoms with van der Waals surface area (Å²) < 4.78 is 5.99. The zero-order valence-electron chi connectivity index (χ0n) is 19.4. The summed E-state index contributed by atoms with van der Waals surface area (Å²) >= 11 is 0. The van der Waals surface area contributed by atoms with E-state index in [2.05, 4.69) is 51.1 Å². The quantitative estimate of drug-likeness (QED) is 0.368. The van der Waals surface area contributed by atoms with Crippen LogP contribution >= 0.6 is 0 Å². The van der Waals surface area contributed by atoms with E-state index in [1.807, 2.05) is 12.1 Å². The number of hydrogen-bond donors (Lipinski definition) is 2. The van der Waals surface area contributed by atoms with Crippen LogP contribution in [0.3, 0.4) is 0 Å². The van der Waals surface area contributed by atoms with Gasteiger partial charge in [0.25, 0.3) is 0 Å². The Bertz CT molecular complexity index is 1060. The minimum atomic E-state index is -0.746. The van der Waals surface area contributed by atoms with Gasteiger partial charge in [-0.2, -0.15) is 0 Å². The molecule has 0 atom stereocenters. The first-order valence-corrected chi connectivity index (χ1v) is 11.5. The van der Waals surface area contributed by atoms with Gasteiger partial charge in [-0.05, 0) is 73.4 Å². The molecule has 0 bridgehead atoms. The van der Waals surface area contributed by atoms with Crippen molar-refractivity contribution in [3.05, 3.63) is 59.3 Å². The maximum absolute atomic E-state index is 10.6. The van der Waals surface area contributed by atoms with E-state index in [4.69, 9.17) is 20.6 Å². The fourth-order valence-corrected chi connectivity index (χ4v) is 3.99. The summed E-state index contributed by atoms with van der Waals surface area (Å²) in [7, 11) is 0. The summed E-state index contributed by atoms with van der Waals surface area (Å²) in [5, 5.41) is 9.79. The second-order valence-electron chi connectivity index (χ2n) is 8.81. The third kappa shape index (κ3) is 6.07. The topological polar surface area (TPSA) is 85.4 Å². The van der Waals surface area contributed by atoms with Gasteiger partial charge in [-0.3, -0.25) is 9.78 Å². The zero-order valence-corrected chi connectivity index (χ0v) is 19.4. The smallest absolute Gasteiger partial charge is 0.303 e. The molecule has 1 heterocycles. The Morgan fingerprint density at radius 2 is 1.84 bits per heavy atom. The molecule has 170 valence electrons. The number of aromatic nitrogens is 1. The number of nitrogens with two attached hydrogens (primary N) is 1. The van der Waals surface area contributed by atoms with Crippen molar-refractivity contribution in [3.63, 3.8) is 0 Å². The van der Waals surface area contributed by atoms with E-state index in [1.54, 1.807) is 0 Å². The molecule has 0 radical (unpaired) electrons. The van der Waals surface area contributed by atoms with Gasteiger partial charge in [0.15, 0.2) is 0 Å². The number of carbonyl (C=O) groups is 1. The molecule has 0 amide bonds. The van der Waals surface area contributed by atoms with Crippen molar-refractivity contribution >= 4 is 16.9 Å². The van der Waals surface area contributed by atoms with E-state index in [1.165, 1.54) is 5.56 Å². The third-order valence-corrected chi connectivity index (χ3v) is 5.59. The Morgan fingerprint density at radius 3 is 2.50 bits per heavy atom. The molecule has 32 heavy (non-hydrogen) atoms. The Balaban J connectivity index is 1.96. The molecule has 3 aromatic rings. The molecule has 5 heteroatoms. The number of carboxylic acid groups (broad SMARTS) is 1. The highest BCUT2D eigenvalue weighted by atomic mass is 16.5. The summed E-state index contributed by atoms with van der Waals surface area (Å²) in [5.74, 6) is 0.537. The summed E-state index contributed by atoms with van der Waals surface area (Å²) in [6, 6.07) is 14.6. The predicted octanol–water partition coefficient (Wildman–Crippen LogP) is 5.89. The number of unbranched alkanes of at least 4 members (excludes halogenated alkanes) is 2. The van der Waals surface area contributed by atoms with E-state index in [0.29, 0.717) is 25.5 Å². The molecule has 0 aliphatic heterocycles. The lowest BCUT2D eigenvalue weighted by molar-refractivity contribution is -0.137. The maximum Gasteiger partial charge on any atom is 0.303 e. The Hall–Kier alpha value is -2.92. The molecule has 5 nitrogen and oxygen atoms in total. The lowest BCUT2D eigenvalue weighted by Crippen LogP contribution is -2.10. The largest absolute Gasteiger partial charge is 0.494 e. The zero-order chi connectivity index (χ0) is 23.1. The molecule has 0 aliphatic carbocycles. The highest BCUT2D eigenvalue weighted by Crippen LogP contribution is 2.36. The lowest BCUT2D eigenvalue weighted by Gasteiger charge is -2.18. The molecule has 0 saturated carbocycles. The fourth-order valence-electron chi connectivity index (χ4n) is 3.99. The van der Waals surface area contributed by atoms with E-state index in [-0.39, 0.29) is 6.42 Å². The Labute approximate surface area is 190 Å². The number of aryl methyl sites for hydroxylation is 1. The first kappa shape index (κ1) is 23.7. The van der Waals surface area contributed by atoms with Gasteiger partial charge in [-0.15, -0.1) is 0 Å². The molecule has 0 aliphatic rings. The summed E-state index contributed by atoms with van der Waals surface area (Å²) in [6.45, 7) is 7.48. The van der Waals surface area contributed by atoms with E-state index >= 15 is 0 Å². The van der Waals surface area contributed by atoms with Crippen LogP contribution in [0.1, 0.15) is 56.4 Å². The van der Waals surface area contributed by atoms with Crippen molar-refractivity contribution in [1.82, 2.24) is 4.98 Å². The molecule has 0 unspecified atom stereocenters. The summed E-state index contributed by atoms with van der Waals surface area (Å²) in [5.41, 5.74) is 12.9. The van der Waals surface area contributed by atoms with Crippen molar-refractivity contribution in [1.29, 1.82) is 0 Å².